The third kappa shape index (κ3) is 2.58. The van der Waals surface area contributed by atoms with Crippen molar-refractivity contribution < 1.29 is 4.74 Å². The number of fused-ring (bicyclic) bond motifs is 1. The minimum Gasteiger partial charge on any atom is -0.438 e. The fourth-order valence-corrected chi connectivity index (χ4v) is 2.41. The third-order valence-corrected chi connectivity index (χ3v) is 3.49. The summed E-state index contributed by atoms with van der Waals surface area (Å²) in [4.78, 5) is 4.42. The Morgan fingerprint density at radius 1 is 1.05 bits per heavy atom. The van der Waals surface area contributed by atoms with Crippen LogP contribution in [0.25, 0.3) is 10.9 Å². The largest absolute Gasteiger partial charge is 0.438 e. The lowest BCUT2D eigenvalue weighted by Crippen LogP contribution is -1.93. The van der Waals surface area contributed by atoms with Gasteiger partial charge in [-0.2, -0.15) is 5.26 Å². The van der Waals surface area contributed by atoms with Crippen molar-refractivity contribution in [2.45, 2.75) is 0 Å². The van der Waals surface area contributed by atoms with Gasteiger partial charge in [0, 0.05) is 8.96 Å². The van der Waals surface area contributed by atoms with Crippen LogP contribution in [-0.4, -0.2) is 4.98 Å². The van der Waals surface area contributed by atoms with E-state index in [-0.39, 0.29) is 0 Å². The summed E-state index contributed by atoms with van der Waals surface area (Å²) in [6, 6.07) is 19.2. The average Bonchev–Trinajstić information content (AvgIpc) is 2.46. The minimum absolute atomic E-state index is 0.341. The van der Waals surface area contributed by atoms with Gasteiger partial charge in [-0.3, -0.25) is 0 Å². The number of halogens is 1. The molecule has 1 heterocycles. The van der Waals surface area contributed by atoms with E-state index >= 15 is 0 Å². The zero-order valence-electron chi connectivity index (χ0n) is 10.4. The van der Waals surface area contributed by atoms with E-state index in [4.69, 9.17) is 4.74 Å². The fourth-order valence-electron chi connectivity index (χ4n) is 1.90. The van der Waals surface area contributed by atoms with E-state index in [1.807, 2.05) is 48.5 Å². The first kappa shape index (κ1) is 12.9. The molecule has 20 heavy (non-hydrogen) atoms. The van der Waals surface area contributed by atoms with Gasteiger partial charge in [-0.05, 0) is 52.9 Å². The molecule has 96 valence electrons. The summed E-state index contributed by atoms with van der Waals surface area (Å²) >= 11 is 2.21. The molecule has 0 aliphatic heterocycles. The van der Waals surface area contributed by atoms with Gasteiger partial charge in [0.05, 0.1) is 5.52 Å². The lowest BCUT2D eigenvalue weighted by atomic mass is 10.1. The molecule has 0 saturated heterocycles. The number of ether oxygens (including phenoxy) is 1. The van der Waals surface area contributed by atoms with Crippen LogP contribution in [0.1, 0.15) is 5.56 Å². The standard InChI is InChI=1S/C16H9IN2O/c17-13-5-3-6-14(9-13)20-16-12(10-18)8-11-4-1-2-7-15(11)19-16/h1-9H. The molecule has 0 aliphatic rings. The highest BCUT2D eigenvalue weighted by atomic mass is 127. The van der Waals surface area contributed by atoms with Gasteiger partial charge in [0.1, 0.15) is 17.4 Å². The van der Waals surface area contributed by atoms with Crippen molar-refractivity contribution in [1.29, 1.82) is 5.26 Å². The summed E-state index contributed by atoms with van der Waals surface area (Å²) in [6.45, 7) is 0. The first-order chi connectivity index (χ1) is 9.76. The lowest BCUT2D eigenvalue weighted by molar-refractivity contribution is 0.463. The second-order valence-corrected chi connectivity index (χ2v) is 5.45. The van der Waals surface area contributed by atoms with E-state index in [1.54, 1.807) is 6.07 Å². The monoisotopic (exact) mass is 372 g/mol. The molecule has 0 N–H and O–H groups in total. The maximum Gasteiger partial charge on any atom is 0.237 e. The smallest absolute Gasteiger partial charge is 0.237 e. The molecule has 3 nitrogen and oxygen atoms in total. The zero-order chi connectivity index (χ0) is 13.9. The molecular weight excluding hydrogens is 363 g/mol. The number of nitriles is 1. The molecule has 0 aliphatic carbocycles. The Kier molecular flexibility index (Phi) is 3.52. The number of aromatic nitrogens is 1. The topological polar surface area (TPSA) is 45.9 Å². The maximum atomic E-state index is 9.24. The minimum atomic E-state index is 0.341. The molecule has 0 saturated carbocycles. The van der Waals surface area contributed by atoms with Crippen LogP contribution < -0.4 is 4.74 Å². The Morgan fingerprint density at radius 2 is 1.90 bits per heavy atom. The first-order valence-corrected chi connectivity index (χ1v) is 7.07. The molecular formula is C16H9IN2O. The second-order valence-electron chi connectivity index (χ2n) is 4.21. The summed E-state index contributed by atoms with van der Waals surface area (Å²) in [7, 11) is 0. The molecule has 0 unspecified atom stereocenters. The summed E-state index contributed by atoms with van der Waals surface area (Å²) in [6.07, 6.45) is 0. The highest BCUT2D eigenvalue weighted by molar-refractivity contribution is 14.1. The molecule has 3 rings (SSSR count). The van der Waals surface area contributed by atoms with E-state index in [0.29, 0.717) is 17.2 Å². The summed E-state index contributed by atoms with van der Waals surface area (Å²) in [5, 5.41) is 10.2. The van der Waals surface area contributed by atoms with Gasteiger partial charge in [-0.15, -0.1) is 0 Å². The van der Waals surface area contributed by atoms with Crippen molar-refractivity contribution in [2.24, 2.45) is 0 Å². The van der Waals surface area contributed by atoms with Gasteiger partial charge in [0.2, 0.25) is 5.88 Å². The fraction of sp³-hybridized carbons (Fsp3) is 0. The van der Waals surface area contributed by atoms with E-state index in [0.717, 1.165) is 14.5 Å². The van der Waals surface area contributed by atoms with Crippen molar-refractivity contribution in [1.82, 2.24) is 4.98 Å². The molecule has 0 bridgehead atoms. The predicted octanol–water partition coefficient (Wildman–Crippen LogP) is 4.50. The Morgan fingerprint density at radius 3 is 2.70 bits per heavy atom. The Balaban J connectivity index is 2.08. The van der Waals surface area contributed by atoms with Crippen molar-refractivity contribution in [3.63, 3.8) is 0 Å². The maximum absolute atomic E-state index is 9.24. The van der Waals surface area contributed by atoms with Crippen LogP contribution in [0.15, 0.2) is 54.6 Å². The van der Waals surface area contributed by atoms with E-state index in [9.17, 15) is 5.26 Å². The van der Waals surface area contributed by atoms with Crippen molar-refractivity contribution in [3.05, 3.63) is 63.7 Å². The number of pyridine rings is 1. The van der Waals surface area contributed by atoms with Gasteiger partial charge >= 0.3 is 0 Å². The van der Waals surface area contributed by atoms with Crippen LogP contribution in [0, 0.1) is 14.9 Å². The number of para-hydroxylation sites is 1. The third-order valence-electron chi connectivity index (χ3n) is 2.82. The number of rotatable bonds is 2. The second kappa shape index (κ2) is 5.47. The number of hydrogen-bond donors (Lipinski definition) is 0. The van der Waals surface area contributed by atoms with Gasteiger partial charge in [0.15, 0.2) is 0 Å². The first-order valence-electron chi connectivity index (χ1n) is 5.99. The van der Waals surface area contributed by atoms with E-state index < -0.39 is 0 Å². The normalized spacial score (nSPS) is 10.2. The molecule has 4 heteroatoms. The van der Waals surface area contributed by atoms with Crippen LogP contribution in [0.4, 0.5) is 0 Å². The molecule has 1 aromatic heterocycles. The molecule has 0 fully saturated rings. The Hall–Kier alpha value is -2.13. The van der Waals surface area contributed by atoms with Crippen LogP contribution in [0.5, 0.6) is 11.6 Å². The lowest BCUT2D eigenvalue weighted by Gasteiger charge is -2.08. The van der Waals surface area contributed by atoms with Crippen LogP contribution in [0.2, 0.25) is 0 Å². The molecule has 3 aromatic rings. The summed E-state index contributed by atoms with van der Waals surface area (Å²) in [5.41, 5.74) is 1.25. The van der Waals surface area contributed by atoms with Gasteiger partial charge in [0.25, 0.3) is 0 Å². The van der Waals surface area contributed by atoms with E-state index in [1.165, 1.54) is 0 Å². The molecule has 0 spiro atoms. The van der Waals surface area contributed by atoms with Crippen LogP contribution in [0.3, 0.4) is 0 Å². The summed E-state index contributed by atoms with van der Waals surface area (Å²) < 4.78 is 6.82. The predicted molar refractivity (Wildman–Crippen MR) is 85.7 cm³/mol. The summed E-state index contributed by atoms with van der Waals surface area (Å²) in [5.74, 6) is 1.02. The number of nitrogens with zero attached hydrogens (tertiary/aromatic N) is 2. The molecule has 0 radical (unpaired) electrons. The van der Waals surface area contributed by atoms with Crippen molar-refractivity contribution in [2.75, 3.05) is 0 Å². The zero-order valence-corrected chi connectivity index (χ0v) is 12.5. The van der Waals surface area contributed by atoms with Crippen molar-refractivity contribution in [3.8, 4) is 17.7 Å². The number of benzene rings is 2. The van der Waals surface area contributed by atoms with Gasteiger partial charge in [-0.1, -0.05) is 24.3 Å². The Bertz CT molecular complexity index is 824. The molecule has 0 atom stereocenters. The SMILES string of the molecule is N#Cc1cc2ccccc2nc1Oc1cccc(I)c1. The van der Waals surface area contributed by atoms with Crippen molar-refractivity contribution >= 4 is 33.5 Å². The average molecular weight is 372 g/mol. The van der Waals surface area contributed by atoms with Crippen LogP contribution in [-0.2, 0) is 0 Å². The molecule has 2 aromatic carbocycles. The van der Waals surface area contributed by atoms with Crippen LogP contribution >= 0.6 is 22.6 Å². The number of hydrogen-bond acceptors (Lipinski definition) is 3. The highest BCUT2D eigenvalue weighted by Crippen LogP contribution is 2.27. The molecule has 0 amide bonds. The highest BCUT2D eigenvalue weighted by Gasteiger charge is 2.09. The van der Waals surface area contributed by atoms with E-state index in [2.05, 4.69) is 33.6 Å². The van der Waals surface area contributed by atoms with Gasteiger partial charge < -0.3 is 4.74 Å². The van der Waals surface area contributed by atoms with Gasteiger partial charge in [-0.25, -0.2) is 4.98 Å². The quantitative estimate of drug-likeness (QED) is 0.622. The Labute approximate surface area is 130 Å².